The van der Waals surface area contributed by atoms with Crippen molar-refractivity contribution in [1.82, 2.24) is 5.06 Å². The molecule has 0 aromatic carbocycles. The highest BCUT2D eigenvalue weighted by Gasteiger charge is 2.43. The SMILES string of the molecule is CC1C(=O)N(OCCO)C(=O)C1C. The molecule has 0 spiro atoms. The Hall–Kier alpha value is -0.940. The van der Waals surface area contributed by atoms with E-state index < -0.39 is 0 Å². The van der Waals surface area contributed by atoms with E-state index >= 15 is 0 Å². The summed E-state index contributed by atoms with van der Waals surface area (Å²) in [5.41, 5.74) is 0. The number of aliphatic hydroxyl groups excluding tert-OH is 1. The molecule has 2 atom stereocenters. The van der Waals surface area contributed by atoms with Gasteiger partial charge in [-0.1, -0.05) is 13.8 Å². The first kappa shape index (κ1) is 10.1. The molecular weight excluding hydrogens is 174 g/mol. The Morgan fingerprint density at radius 2 is 1.77 bits per heavy atom. The van der Waals surface area contributed by atoms with E-state index in [1.807, 2.05) is 0 Å². The summed E-state index contributed by atoms with van der Waals surface area (Å²) >= 11 is 0. The molecule has 5 heteroatoms. The first-order valence-corrected chi connectivity index (χ1v) is 4.21. The van der Waals surface area contributed by atoms with E-state index in [1.54, 1.807) is 13.8 Å². The van der Waals surface area contributed by atoms with Crippen molar-refractivity contribution >= 4 is 11.8 Å². The van der Waals surface area contributed by atoms with Crippen molar-refractivity contribution in [2.24, 2.45) is 11.8 Å². The van der Waals surface area contributed by atoms with Gasteiger partial charge >= 0.3 is 0 Å². The number of imide groups is 1. The lowest BCUT2D eigenvalue weighted by molar-refractivity contribution is -0.191. The fraction of sp³-hybridized carbons (Fsp3) is 0.750. The molecule has 0 aromatic heterocycles. The molecule has 0 bridgehead atoms. The van der Waals surface area contributed by atoms with Gasteiger partial charge in [-0.25, -0.2) is 0 Å². The first-order chi connectivity index (χ1) is 6.09. The van der Waals surface area contributed by atoms with Gasteiger partial charge in [0.05, 0.1) is 13.2 Å². The van der Waals surface area contributed by atoms with E-state index in [0.29, 0.717) is 0 Å². The van der Waals surface area contributed by atoms with Gasteiger partial charge < -0.3 is 5.11 Å². The number of hydrogen-bond acceptors (Lipinski definition) is 4. The molecule has 1 aliphatic heterocycles. The van der Waals surface area contributed by atoms with E-state index in [0.717, 1.165) is 5.06 Å². The van der Waals surface area contributed by atoms with Crippen LogP contribution in [0.5, 0.6) is 0 Å². The molecule has 0 radical (unpaired) electrons. The van der Waals surface area contributed by atoms with Gasteiger partial charge in [-0.15, -0.1) is 0 Å². The summed E-state index contributed by atoms with van der Waals surface area (Å²) in [6.07, 6.45) is 0. The van der Waals surface area contributed by atoms with Crippen molar-refractivity contribution in [2.75, 3.05) is 13.2 Å². The van der Waals surface area contributed by atoms with Crippen LogP contribution in [0.3, 0.4) is 0 Å². The van der Waals surface area contributed by atoms with Crippen molar-refractivity contribution in [1.29, 1.82) is 0 Å². The van der Waals surface area contributed by atoms with E-state index in [-0.39, 0.29) is 36.9 Å². The number of rotatable bonds is 3. The number of aliphatic hydroxyl groups is 1. The zero-order valence-electron chi connectivity index (χ0n) is 7.69. The maximum Gasteiger partial charge on any atom is 0.257 e. The Labute approximate surface area is 76.2 Å². The molecule has 1 fully saturated rings. The quantitative estimate of drug-likeness (QED) is 0.608. The van der Waals surface area contributed by atoms with Gasteiger partial charge in [0, 0.05) is 11.8 Å². The maximum absolute atomic E-state index is 11.3. The number of hydroxylamine groups is 2. The van der Waals surface area contributed by atoms with Gasteiger partial charge in [-0.3, -0.25) is 14.4 Å². The molecule has 1 rings (SSSR count). The number of nitrogens with zero attached hydrogens (tertiary/aromatic N) is 1. The molecule has 2 unspecified atom stereocenters. The second-order valence-electron chi connectivity index (χ2n) is 3.11. The van der Waals surface area contributed by atoms with Crippen LogP contribution in [0.15, 0.2) is 0 Å². The van der Waals surface area contributed by atoms with Crippen LogP contribution in [-0.2, 0) is 14.4 Å². The van der Waals surface area contributed by atoms with Crippen molar-refractivity contribution < 1.29 is 19.5 Å². The van der Waals surface area contributed by atoms with Crippen molar-refractivity contribution in [2.45, 2.75) is 13.8 Å². The molecule has 2 amide bonds. The molecule has 1 heterocycles. The normalized spacial score (nSPS) is 28.7. The summed E-state index contributed by atoms with van der Waals surface area (Å²) in [5, 5.41) is 9.21. The minimum absolute atomic E-state index is 0.0308. The summed E-state index contributed by atoms with van der Waals surface area (Å²) in [7, 11) is 0. The molecule has 1 aliphatic rings. The zero-order valence-corrected chi connectivity index (χ0v) is 7.69. The summed E-state index contributed by atoms with van der Waals surface area (Å²) in [6, 6.07) is 0. The molecular formula is C8H13NO4. The molecule has 5 nitrogen and oxygen atoms in total. The van der Waals surface area contributed by atoms with Crippen LogP contribution in [0.4, 0.5) is 0 Å². The van der Waals surface area contributed by atoms with Crippen molar-refractivity contribution in [3.63, 3.8) is 0 Å². The lowest BCUT2D eigenvalue weighted by atomic mass is 10.00. The second-order valence-corrected chi connectivity index (χ2v) is 3.11. The zero-order chi connectivity index (χ0) is 10.0. The number of carbonyl (C=O) groups excluding carboxylic acids is 2. The lowest BCUT2D eigenvalue weighted by Crippen LogP contribution is -2.32. The lowest BCUT2D eigenvalue weighted by Gasteiger charge is -2.12. The molecule has 1 N–H and O–H groups in total. The van der Waals surface area contributed by atoms with Crippen LogP contribution < -0.4 is 0 Å². The predicted octanol–water partition coefficient (Wildman–Crippen LogP) is -0.449. The third kappa shape index (κ3) is 1.71. The van der Waals surface area contributed by atoms with Crippen molar-refractivity contribution in [3.05, 3.63) is 0 Å². The van der Waals surface area contributed by atoms with Crippen LogP contribution in [0.25, 0.3) is 0 Å². The minimum atomic E-state index is -0.328. The van der Waals surface area contributed by atoms with E-state index in [2.05, 4.69) is 0 Å². The predicted molar refractivity (Wildman–Crippen MR) is 43.2 cm³/mol. The van der Waals surface area contributed by atoms with E-state index in [9.17, 15) is 9.59 Å². The Bertz CT molecular complexity index is 208. The molecule has 0 saturated carbocycles. The van der Waals surface area contributed by atoms with Gasteiger partial charge in [0.25, 0.3) is 11.8 Å². The Kier molecular flexibility index (Phi) is 3.00. The number of hydrogen-bond donors (Lipinski definition) is 1. The third-order valence-corrected chi connectivity index (χ3v) is 2.24. The highest BCUT2D eigenvalue weighted by molar-refractivity contribution is 6.03. The Morgan fingerprint density at radius 3 is 2.15 bits per heavy atom. The van der Waals surface area contributed by atoms with Gasteiger partial charge in [-0.05, 0) is 0 Å². The largest absolute Gasteiger partial charge is 0.394 e. The first-order valence-electron chi connectivity index (χ1n) is 4.21. The number of amides is 2. The summed E-state index contributed by atoms with van der Waals surface area (Å²) in [5.74, 6) is -1.31. The molecule has 13 heavy (non-hydrogen) atoms. The maximum atomic E-state index is 11.3. The minimum Gasteiger partial charge on any atom is -0.394 e. The number of carbonyl (C=O) groups is 2. The van der Waals surface area contributed by atoms with Gasteiger partial charge in [0.1, 0.15) is 0 Å². The molecule has 1 saturated heterocycles. The highest BCUT2D eigenvalue weighted by atomic mass is 16.7. The fourth-order valence-electron chi connectivity index (χ4n) is 1.17. The summed E-state index contributed by atoms with van der Waals surface area (Å²) < 4.78 is 0. The fourth-order valence-corrected chi connectivity index (χ4v) is 1.17. The smallest absolute Gasteiger partial charge is 0.257 e. The topological polar surface area (TPSA) is 66.8 Å². The van der Waals surface area contributed by atoms with Gasteiger partial charge in [0.2, 0.25) is 0 Å². The highest BCUT2D eigenvalue weighted by Crippen LogP contribution is 2.25. The van der Waals surface area contributed by atoms with E-state index in [4.69, 9.17) is 9.94 Å². The summed E-state index contributed by atoms with van der Waals surface area (Å²) in [4.78, 5) is 27.5. The molecule has 74 valence electrons. The third-order valence-electron chi connectivity index (χ3n) is 2.24. The van der Waals surface area contributed by atoms with Crippen LogP contribution in [0.1, 0.15) is 13.8 Å². The Balaban J connectivity index is 2.64. The van der Waals surface area contributed by atoms with Crippen LogP contribution in [0, 0.1) is 11.8 Å². The van der Waals surface area contributed by atoms with Crippen LogP contribution in [-0.4, -0.2) is 35.2 Å². The second kappa shape index (κ2) is 3.85. The average molecular weight is 187 g/mol. The van der Waals surface area contributed by atoms with Crippen LogP contribution in [0.2, 0.25) is 0 Å². The molecule has 0 aromatic rings. The average Bonchev–Trinajstić information content (AvgIpc) is 2.30. The monoisotopic (exact) mass is 187 g/mol. The van der Waals surface area contributed by atoms with Gasteiger partial charge in [0.15, 0.2) is 0 Å². The van der Waals surface area contributed by atoms with Gasteiger partial charge in [-0.2, -0.15) is 5.06 Å². The molecule has 0 aliphatic carbocycles. The summed E-state index contributed by atoms with van der Waals surface area (Å²) in [6.45, 7) is 3.14. The van der Waals surface area contributed by atoms with Crippen molar-refractivity contribution in [3.8, 4) is 0 Å². The van der Waals surface area contributed by atoms with Crippen LogP contribution >= 0.6 is 0 Å². The Morgan fingerprint density at radius 1 is 1.31 bits per heavy atom. The van der Waals surface area contributed by atoms with E-state index in [1.165, 1.54) is 0 Å². The standard InChI is InChI=1S/C8H13NO4/c1-5-6(2)8(12)9(7(5)11)13-4-3-10/h5-6,10H,3-4H2,1-2H3.